The lowest BCUT2D eigenvalue weighted by Crippen LogP contribution is -2.31. The van der Waals surface area contributed by atoms with Crippen molar-refractivity contribution in [2.45, 2.75) is 65.9 Å². The van der Waals surface area contributed by atoms with Gasteiger partial charge in [0.25, 0.3) is 0 Å². The molecule has 0 heterocycles. The van der Waals surface area contributed by atoms with Gasteiger partial charge in [-0.2, -0.15) is 0 Å². The van der Waals surface area contributed by atoms with Crippen LogP contribution >= 0.6 is 0 Å². The van der Waals surface area contributed by atoms with E-state index >= 15 is 0 Å². The molecule has 0 N–H and O–H groups in total. The van der Waals surface area contributed by atoms with E-state index in [9.17, 15) is 4.79 Å². The molecule has 0 radical (unpaired) electrons. The molecule has 18 heavy (non-hydrogen) atoms. The summed E-state index contributed by atoms with van der Waals surface area (Å²) >= 11 is 0. The first-order chi connectivity index (χ1) is 8.44. The third kappa shape index (κ3) is 5.38. The number of carbonyl (C=O) groups is 1. The molecule has 0 aromatic heterocycles. The van der Waals surface area contributed by atoms with E-state index in [-0.39, 0.29) is 12.1 Å². The molecule has 1 fully saturated rings. The third-order valence-corrected chi connectivity index (χ3v) is 3.92. The van der Waals surface area contributed by atoms with Gasteiger partial charge in [0.1, 0.15) is 6.61 Å². The number of hydrogen-bond acceptors (Lipinski definition) is 3. The molecule has 0 aliphatic heterocycles. The highest BCUT2D eigenvalue weighted by atomic mass is 16.6. The van der Waals surface area contributed by atoms with Crippen molar-refractivity contribution in [3.63, 3.8) is 0 Å². The Hall–Kier alpha value is -0.570. The van der Waals surface area contributed by atoms with Crippen LogP contribution in [-0.4, -0.2) is 25.3 Å². The van der Waals surface area contributed by atoms with Crippen LogP contribution in [0, 0.1) is 11.3 Å². The molecule has 2 atom stereocenters. The van der Waals surface area contributed by atoms with Crippen LogP contribution in [0.4, 0.5) is 0 Å². The second-order valence-electron chi connectivity index (χ2n) is 6.17. The van der Waals surface area contributed by atoms with Crippen LogP contribution in [0.1, 0.15) is 59.8 Å². The van der Waals surface area contributed by atoms with Crippen LogP contribution in [0.2, 0.25) is 0 Å². The van der Waals surface area contributed by atoms with Crippen molar-refractivity contribution in [3.05, 3.63) is 0 Å². The van der Waals surface area contributed by atoms with Crippen LogP contribution in [-0.2, 0) is 14.3 Å². The fraction of sp³-hybridized carbons (Fsp3) is 0.933. The van der Waals surface area contributed by atoms with Crippen molar-refractivity contribution in [2.24, 2.45) is 11.3 Å². The van der Waals surface area contributed by atoms with E-state index < -0.39 is 0 Å². The minimum absolute atomic E-state index is 0.148. The van der Waals surface area contributed by atoms with E-state index in [0.29, 0.717) is 31.0 Å². The molecule has 106 valence electrons. The van der Waals surface area contributed by atoms with Crippen molar-refractivity contribution < 1.29 is 14.3 Å². The Morgan fingerprint density at radius 1 is 1.39 bits per heavy atom. The van der Waals surface area contributed by atoms with Crippen molar-refractivity contribution in [2.75, 3.05) is 13.2 Å². The van der Waals surface area contributed by atoms with Gasteiger partial charge in [-0.1, -0.05) is 27.2 Å². The van der Waals surface area contributed by atoms with Crippen LogP contribution < -0.4 is 0 Å². The standard InChI is InChI=1S/C15H28O3/c1-5-14(16)18-10-9-17-12(2)13-7-6-8-15(3,4)11-13/h12-13H,5-11H2,1-4H3. The summed E-state index contributed by atoms with van der Waals surface area (Å²) in [6, 6.07) is 0. The van der Waals surface area contributed by atoms with Crippen molar-refractivity contribution in [1.82, 2.24) is 0 Å². The molecule has 0 amide bonds. The molecule has 1 rings (SSSR count). The van der Waals surface area contributed by atoms with Crippen molar-refractivity contribution in [1.29, 1.82) is 0 Å². The van der Waals surface area contributed by atoms with Crippen LogP contribution in [0.15, 0.2) is 0 Å². The van der Waals surface area contributed by atoms with E-state index in [1.807, 2.05) is 0 Å². The molecule has 0 spiro atoms. The Kier molecular flexibility index (Phi) is 6.13. The monoisotopic (exact) mass is 256 g/mol. The molecule has 3 heteroatoms. The van der Waals surface area contributed by atoms with E-state index in [1.54, 1.807) is 6.92 Å². The molecule has 0 aromatic rings. The van der Waals surface area contributed by atoms with Crippen LogP contribution in [0.25, 0.3) is 0 Å². The highest BCUT2D eigenvalue weighted by Crippen LogP contribution is 2.40. The van der Waals surface area contributed by atoms with E-state index in [2.05, 4.69) is 20.8 Å². The molecule has 3 nitrogen and oxygen atoms in total. The average Bonchev–Trinajstić information content (AvgIpc) is 2.32. The van der Waals surface area contributed by atoms with Gasteiger partial charge < -0.3 is 9.47 Å². The molecule has 1 saturated carbocycles. The minimum Gasteiger partial charge on any atom is -0.463 e. The Labute approximate surface area is 111 Å². The summed E-state index contributed by atoms with van der Waals surface area (Å²) in [7, 11) is 0. The quantitative estimate of drug-likeness (QED) is 0.538. The normalized spacial score (nSPS) is 24.6. The first-order valence-corrected chi connectivity index (χ1v) is 7.22. The number of esters is 1. The van der Waals surface area contributed by atoms with Gasteiger partial charge in [-0.15, -0.1) is 0 Å². The predicted octanol–water partition coefficient (Wildman–Crippen LogP) is 3.56. The summed E-state index contributed by atoms with van der Waals surface area (Å²) in [4.78, 5) is 11.0. The second kappa shape index (κ2) is 7.13. The van der Waals surface area contributed by atoms with E-state index in [0.717, 1.165) is 0 Å². The van der Waals surface area contributed by atoms with Crippen molar-refractivity contribution in [3.8, 4) is 0 Å². The predicted molar refractivity (Wildman–Crippen MR) is 72.4 cm³/mol. The van der Waals surface area contributed by atoms with Gasteiger partial charge in [0, 0.05) is 6.42 Å². The molecule has 0 saturated heterocycles. The molecule has 0 aromatic carbocycles. The average molecular weight is 256 g/mol. The molecule has 0 bridgehead atoms. The molecule has 1 aliphatic rings. The zero-order valence-electron chi connectivity index (χ0n) is 12.3. The number of ether oxygens (including phenoxy) is 2. The SMILES string of the molecule is CCC(=O)OCCOC(C)C1CCCC(C)(C)C1. The van der Waals surface area contributed by atoms with Gasteiger partial charge >= 0.3 is 5.97 Å². The highest BCUT2D eigenvalue weighted by Gasteiger charge is 2.31. The van der Waals surface area contributed by atoms with E-state index in [1.165, 1.54) is 25.7 Å². The fourth-order valence-electron chi connectivity index (χ4n) is 2.79. The molecule has 2 unspecified atom stereocenters. The summed E-state index contributed by atoms with van der Waals surface area (Å²) in [6.07, 6.45) is 5.83. The Morgan fingerprint density at radius 2 is 2.11 bits per heavy atom. The number of hydrogen-bond donors (Lipinski definition) is 0. The zero-order valence-corrected chi connectivity index (χ0v) is 12.3. The Balaban J connectivity index is 2.20. The maximum absolute atomic E-state index is 11.0. The Bertz CT molecular complexity index is 260. The highest BCUT2D eigenvalue weighted by molar-refractivity contribution is 5.68. The summed E-state index contributed by atoms with van der Waals surface area (Å²) in [5.74, 6) is 0.501. The summed E-state index contributed by atoms with van der Waals surface area (Å²) in [5.41, 5.74) is 0.454. The van der Waals surface area contributed by atoms with Gasteiger partial charge in [0.15, 0.2) is 0 Å². The number of carbonyl (C=O) groups excluding carboxylic acids is 1. The van der Waals surface area contributed by atoms with Crippen LogP contribution in [0.3, 0.4) is 0 Å². The maximum Gasteiger partial charge on any atom is 0.305 e. The first-order valence-electron chi connectivity index (χ1n) is 7.22. The van der Waals surface area contributed by atoms with Gasteiger partial charge in [0.2, 0.25) is 0 Å². The zero-order chi connectivity index (χ0) is 13.6. The van der Waals surface area contributed by atoms with Crippen LogP contribution in [0.5, 0.6) is 0 Å². The minimum atomic E-state index is -0.148. The van der Waals surface area contributed by atoms with E-state index in [4.69, 9.17) is 9.47 Å². The second-order valence-corrected chi connectivity index (χ2v) is 6.17. The summed E-state index contributed by atoms with van der Waals surface area (Å²) in [5, 5.41) is 0. The number of rotatable bonds is 6. The summed E-state index contributed by atoms with van der Waals surface area (Å²) in [6.45, 7) is 9.53. The lowest BCUT2D eigenvalue weighted by molar-refractivity contribution is -0.145. The molecule has 1 aliphatic carbocycles. The van der Waals surface area contributed by atoms with Gasteiger partial charge in [0.05, 0.1) is 12.7 Å². The fourth-order valence-corrected chi connectivity index (χ4v) is 2.79. The third-order valence-electron chi connectivity index (χ3n) is 3.92. The topological polar surface area (TPSA) is 35.5 Å². The Morgan fingerprint density at radius 3 is 2.72 bits per heavy atom. The first kappa shape index (κ1) is 15.5. The molecular weight excluding hydrogens is 228 g/mol. The van der Waals surface area contributed by atoms with Gasteiger partial charge in [-0.25, -0.2) is 0 Å². The maximum atomic E-state index is 11.0. The lowest BCUT2D eigenvalue weighted by atomic mass is 9.71. The molecular formula is C15H28O3. The largest absolute Gasteiger partial charge is 0.463 e. The van der Waals surface area contributed by atoms with Crippen molar-refractivity contribution >= 4 is 5.97 Å². The smallest absolute Gasteiger partial charge is 0.305 e. The lowest BCUT2D eigenvalue weighted by Gasteiger charge is -2.37. The van der Waals surface area contributed by atoms with Gasteiger partial charge in [-0.3, -0.25) is 4.79 Å². The van der Waals surface area contributed by atoms with Gasteiger partial charge in [-0.05, 0) is 37.5 Å². The summed E-state index contributed by atoms with van der Waals surface area (Å²) < 4.78 is 10.8.